The number of hydrogen-bond acceptors (Lipinski definition) is 4. The van der Waals surface area contributed by atoms with Gasteiger partial charge in [-0.15, -0.1) is 0 Å². The highest BCUT2D eigenvalue weighted by Gasteiger charge is 2.39. The average molecular weight is 298 g/mol. The Kier molecular flexibility index (Phi) is 4.88. The lowest BCUT2D eigenvalue weighted by atomic mass is 9.95. The van der Waals surface area contributed by atoms with E-state index in [9.17, 15) is 18.4 Å². The molecule has 1 aliphatic rings. The maximum absolute atomic E-state index is 12.4. The van der Waals surface area contributed by atoms with Crippen LogP contribution in [0.5, 0.6) is 5.75 Å². The lowest BCUT2D eigenvalue weighted by Crippen LogP contribution is -2.15. The lowest BCUT2D eigenvalue weighted by Gasteiger charge is -2.15. The highest BCUT2D eigenvalue weighted by atomic mass is 19.3. The zero-order valence-corrected chi connectivity index (χ0v) is 11.6. The molecule has 0 unspecified atom stereocenters. The Morgan fingerprint density at radius 3 is 2.76 bits per heavy atom. The molecule has 0 radical (unpaired) electrons. The molecule has 1 aromatic rings. The second-order valence-electron chi connectivity index (χ2n) is 4.82. The van der Waals surface area contributed by atoms with Crippen LogP contribution in [0, 0.1) is 5.92 Å². The van der Waals surface area contributed by atoms with Crippen LogP contribution in [-0.4, -0.2) is 25.0 Å². The van der Waals surface area contributed by atoms with Crippen LogP contribution in [0.1, 0.15) is 31.2 Å². The van der Waals surface area contributed by atoms with Crippen molar-refractivity contribution in [3.05, 3.63) is 29.8 Å². The van der Waals surface area contributed by atoms with E-state index in [1.54, 1.807) is 25.1 Å². The molecule has 1 saturated carbocycles. The Balaban J connectivity index is 2.19. The van der Waals surface area contributed by atoms with Crippen LogP contribution in [0.4, 0.5) is 8.78 Å². The largest absolute Gasteiger partial charge is 0.466 e. The first-order valence-electron chi connectivity index (χ1n) is 6.76. The van der Waals surface area contributed by atoms with E-state index in [-0.39, 0.29) is 31.0 Å². The topological polar surface area (TPSA) is 52.6 Å². The zero-order chi connectivity index (χ0) is 15.4. The molecular formula is C15H16F2O4. The molecule has 0 aliphatic heterocycles. The van der Waals surface area contributed by atoms with E-state index in [1.807, 2.05) is 0 Å². The summed E-state index contributed by atoms with van der Waals surface area (Å²) in [5, 5.41) is 0. The first-order valence-corrected chi connectivity index (χ1v) is 6.76. The van der Waals surface area contributed by atoms with Gasteiger partial charge in [-0.2, -0.15) is 8.78 Å². The minimum Gasteiger partial charge on any atom is -0.466 e. The number of alkyl halides is 2. The van der Waals surface area contributed by atoms with Gasteiger partial charge in [-0.3, -0.25) is 9.59 Å². The average Bonchev–Trinajstić information content (AvgIpc) is 2.81. The second kappa shape index (κ2) is 6.65. The summed E-state index contributed by atoms with van der Waals surface area (Å²) >= 11 is 0. The van der Waals surface area contributed by atoms with Crippen molar-refractivity contribution < 1.29 is 27.8 Å². The molecule has 0 heterocycles. The Morgan fingerprint density at radius 2 is 2.10 bits per heavy atom. The number of hydrogen-bond donors (Lipinski definition) is 0. The SMILES string of the molecule is CCOC(=O)[C@H]1CC(=O)[C@@H](c2ccccc2OC(F)F)C1. The first-order chi connectivity index (χ1) is 10.0. The van der Waals surface area contributed by atoms with Gasteiger partial charge in [0.1, 0.15) is 11.5 Å². The number of ketones is 1. The summed E-state index contributed by atoms with van der Waals surface area (Å²) in [5.41, 5.74) is 0.398. The van der Waals surface area contributed by atoms with Gasteiger partial charge in [-0.1, -0.05) is 18.2 Å². The van der Waals surface area contributed by atoms with Gasteiger partial charge < -0.3 is 9.47 Å². The molecule has 6 heteroatoms. The summed E-state index contributed by atoms with van der Waals surface area (Å²) in [5.74, 6) is -1.70. The van der Waals surface area contributed by atoms with Crippen LogP contribution in [-0.2, 0) is 14.3 Å². The molecule has 0 spiro atoms. The van der Waals surface area contributed by atoms with Crippen molar-refractivity contribution in [2.24, 2.45) is 5.92 Å². The summed E-state index contributed by atoms with van der Waals surface area (Å²) in [6.45, 7) is -1.01. The Bertz CT molecular complexity index is 530. The Labute approximate surface area is 121 Å². The molecule has 2 rings (SSSR count). The van der Waals surface area contributed by atoms with E-state index >= 15 is 0 Å². The van der Waals surface area contributed by atoms with Crippen LogP contribution in [0.15, 0.2) is 24.3 Å². The summed E-state index contributed by atoms with van der Waals surface area (Å²) < 4.78 is 34.2. The van der Waals surface area contributed by atoms with Crippen molar-refractivity contribution in [3.8, 4) is 5.75 Å². The van der Waals surface area contributed by atoms with E-state index in [4.69, 9.17) is 4.74 Å². The minimum atomic E-state index is -2.96. The smallest absolute Gasteiger partial charge is 0.387 e. The van der Waals surface area contributed by atoms with E-state index < -0.39 is 24.4 Å². The van der Waals surface area contributed by atoms with Gasteiger partial charge >= 0.3 is 12.6 Å². The number of halogens is 2. The Hall–Kier alpha value is -1.98. The third kappa shape index (κ3) is 3.56. The van der Waals surface area contributed by atoms with Gasteiger partial charge in [-0.05, 0) is 19.4 Å². The number of esters is 1. The predicted molar refractivity (Wildman–Crippen MR) is 70.2 cm³/mol. The van der Waals surface area contributed by atoms with Crippen LogP contribution in [0.25, 0.3) is 0 Å². The molecule has 1 aromatic carbocycles. The van der Waals surface area contributed by atoms with Gasteiger partial charge in [-0.25, -0.2) is 0 Å². The minimum absolute atomic E-state index is 0.0182. The van der Waals surface area contributed by atoms with Crippen LogP contribution in [0.3, 0.4) is 0 Å². The highest BCUT2D eigenvalue weighted by molar-refractivity contribution is 5.93. The summed E-state index contributed by atoms with van der Waals surface area (Å²) in [6.07, 6.45) is 0.341. The molecule has 21 heavy (non-hydrogen) atoms. The quantitative estimate of drug-likeness (QED) is 0.784. The summed E-state index contributed by atoms with van der Waals surface area (Å²) in [7, 11) is 0. The predicted octanol–water partition coefficient (Wildman–Crippen LogP) is 2.91. The molecule has 1 aliphatic carbocycles. The van der Waals surface area contributed by atoms with E-state index in [1.165, 1.54) is 6.07 Å². The van der Waals surface area contributed by atoms with Crippen molar-refractivity contribution in [2.45, 2.75) is 32.3 Å². The van der Waals surface area contributed by atoms with Crippen molar-refractivity contribution in [1.82, 2.24) is 0 Å². The van der Waals surface area contributed by atoms with Crippen LogP contribution in [0.2, 0.25) is 0 Å². The van der Waals surface area contributed by atoms with Crippen LogP contribution < -0.4 is 4.74 Å². The lowest BCUT2D eigenvalue weighted by molar-refractivity contribution is -0.148. The van der Waals surface area contributed by atoms with Gasteiger partial charge in [0, 0.05) is 17.9 Å². The number of para-hydroxylation sites is 1. The Morgan fingerprint density at radius 1 is 1.38 bits per heavy atom. The van der Waals surface area contributed by atoms with Gasteiger partial charge in [0.25, 0.3) is 0 Å². The second-order valence-corrected chi connectivity index (χ2v) is 4.82. The normalized spacial score (nSPS) is 21.6. The molecule has 0 bridgehead atoms. The van der Waals surface area contributed by atoms with E-state index in [2.05, 4.69) is 4.74 Å². The summed E-state index contributed by atoms with van der Waals surface area (Å²) in [6, 6.07) is 6.18. The fraction of sp³-hybridized carbons (Fsp3) is 0.467. The van der Waals surface area contributed by atoms with Gasteiger partial charge in [0.2, 0.25) is 0 Å². The maximum Gasteiger partial charge on any atom is 0.387 e. The van der Waals surface area contributed by atoms with E-state index in [0.717, 1.165) is 0 Å². The standard InChI is InChI=1S/C15H16F2O4/c1-2-20-14(19)9-7-11(12(18)8-9)10-5-3-4-6-13(10)21-15(16)17/h3-6,9,11,15H,2,7-8H2,1H3/t9-,11-/m1/s1. The van der Waals surface area contributed by atoms with Crippen LogP contribution >= 0.6 is 0 Å². The molecule has 1 fully saturated rings. The molecule has 4 nitrogen and oxygen atoms in total. The third-order valence-corrected chi connectivity index (χ3v) is 3.49. The molecule has 0 saturated heterocycles. The zero-order valence-electron chi connectivity index (χ0n) is 11.6. The fourth-order valence-corrected chi connectivity index (χ4v) is 2.60. The maximum atomic E-state index is 12.4. The molecular weight excluding hydrogens is 282 g/mol. The molecule has 0 N–H and O–H groups in total. The van der Waals surface area contributed by atoms with Crippen molar-refractivity contribution in [2.75, 3.05) is 6.61 Å². The van der Waals surface area contributed by atoms with E-state index in [0.29, 0.717) is 5.56 Å². The number of Topliss-reactive ketones (excluding diaryl/α,β-unsaturated/α-hetero) is 1. The number of carbonyl (C=O) groups is 2. The number of carbonyl (C=O) groups excluding carboxylic acids is 2. The van der Waals surface area contributed by atoms with Gasteiger partial charge in [0.15, 0.2) is 0 Å². The number of benzene rings is 1. The fourth-order valence-electron chi connectivity index (χ4n) is 2.60. The number of ether oxygens (including phenoxy) is 2. The van der Waals surface area contributed by atoms with Gasteiger partial charge in [0.05, 0.1) is 12.5 Å². The molecule has 0 aromatic heterocycles. The van der Waals surface area contributed by atoms with Crippen molar-refractivity contribution >= 4 is 11.8 Å². The molecule has 2 atom stereocenters. The number of rotatable bonds is 5. The third-order valence-electron chi connectivity index (χ3n) is 3.49. The monoisotopic (exact) mass is 298 g/mol. The van der Waals surface area contributed by atoms with Crippen molar-refractivity contribution in [3.63, 3.8) is 0 Å². The highest BCUT2D eigenvalue weighted by Crippen LogP contribution is 2.40. The molecule has 114 valence electrons. The van der Waals surface area contributed by atoms with Crippen molar-refractivity contribution in [1.29, 1.82) is 0 Å². The summed E-state index contributed by atoms with van der Waals surface area (Å²) in [4.78, 5) is 23.8. The molecule has 0 amide bonds. The first kappa shape index (κ1) is 15.4.